The lowest BCUT2D eigenvalue weighted by molar-refractivity contribution is 0.474. The van der Waals surface area contributed by atoms with E-state index in [1.54, 1.807) is 24.3 Å². The van der Waals surface area contributed by atoms with Gasteiger partial charge in [0.25, 0.3) is 0 Å². The van der Waals surface area contributed by atoms with Crippen molar-refractivity contribution in [2.24, 2.45) is 0 Å². The van der Waals surface area contributed by atoms with E-state index in [0.29, 0.717) is 5.75 Å². The summed E-state index contributed by atoms with van der Waals surface area (Å²) in [6.07, 6.45) is 0. The summed E-state index contributed by atoms with van der Waals surface area (Å²) in [6.45, 7) is 0.759. The van der Waals surface area contributed by atoms with Crippen molar-refractivity contribution >= 4 is 0 Å². The fourth-order valence-electron chi connectivity index (χ4n) is 2.31. The highest BCUT2D eigenvalue weighted by Gasteiger charge is 2.23. The molecule has 0 aliphatic carbocycles. The molecule has 1 aliphatic rings. The molecule has 17 heavy (non-hydrogen) atoms. The molecule has 3 N–H and O–H groups in total. The Morgan fingerprint density at radius 3 is 2.41 bits per heavy atom. The molecule has 0 radical (unpaired) electrons. The standard InChI is InChI=1S/C14H13NO2/c16-11-3-1-9(2-4-11)14-13-6-5-12(17)7-10(13)8-15-14/h1-7,14-17H,8H2. The highest BCUT2D eigenvalue weighted by atomic mass is 16.3. The molecule has 2 aromatic carbocycles. The second-order valence-corrected chi connectivity index (χ2v) is 4.29. The number of phenols is 2. The predicted molar refractivity (Wildman–Crippen MR) is 64.9 cm³/mol. The third-order valence-corrected chi connectivity index (χ3v) is 3.16. The van der Waals surface area contributed by atoms with Gasteiger partial charge in [0.2, 0.25) is 0 Å². The van der Waals surface area contributed by atoms with E-state index in [-0.39, 0.29) is 11.8 Å². The van der Waals surface area contributed by atoms with E-state index in [2.05, 4.69) is 5.32 Å². The number of hydrogen-bond acceptors (Lipinski definition) is 3. The highest BCUT2D eigenvalue weighted by molar-refractivity contribution is 5.45. The molecule has 1 unspecified atom stereocenters. The Balaban J connectivity index is 2.01. The van der Waals surface area contributed by atoms with Gasteiger partial charge in [-0.05, 0) is 41.0 Å². The van der Waals surface area contributed by atoms with Crippen LogP contribution < -0.4 is 5.32 Å². The van der Waals surface area contributed by atoms with E-state index in [0.717, 1.165) is 17.7 Å². The van der Waals surface area contributed by atoms with Crippen LogP contribution in [0, 0.1) is 0 Å². The number of hydrogen-bond donors (Lipinski definition) is 3. The van der Waals surface area contributed by atoms with Crippen LogP contribution in [-0.4, -0.2) is 10.2 Å². The van der Waals surface area contributed by atoms with Crippen LogP contribution in [-0.2, 0) is 6.54 Å². The fraction of sp³-hybridized carbons (Fsp3) is 0.143. The van der Waals surface area contributed by atoms with Gasteiger partial charge in [-0.25, -0.2) is 0 Å². The zero-order valence-electron chi connectivity index (χ0n) is 9.22. The Morgan fingerprint density at radius 1 is 0.941 bits per heavy atom. The molecule has 3 heteroatoms. The smallest absolute Gasteiger partial charge is 0.115 e. The van der Waals surface area contributed by atoms with Crippen molar-refractivity contribution in [1.29, 1.82) is 0 Å². The van der Waals surface area contributed by atoms with Crippen molar-refractivity contribution in [3.05, 3.63) is 59.2 Å². The van der Waals surface area contributed by atoms with Crippen LogP contribution >= 0.6 is 0 Å². The van der Waals surface area contributed by atoms with Crippen molar-refractivity contribution in [2.45, 2.75) is 12.6 Å². The quantitative estimate of drug-likeness (QED) is 0.700. The molecular formula is C14H13NO2. The van der Waals surface area contributed by atoms with Gasteiger partial charge in [0, 0.05) is 6.54 Å². The molecular weight excluding hydrogens is 214 g/mol. The summed E-state index contributed by atoms with van der Waals surface area (Å²) >= 11 is 0. The summed E-state index contributed by atoms with van der Waals surface area (Å²) in [7, 11) is 0. The van der Waals surface area contributed by atoms with Crippen LogP contribution in [0.1, 0.15) is 22.7 Å². The monoisotopic (exact) mass is 227 g/mol. The van der Waals surface area contributed by atoms with Crippen LogP contribution in [0.3, 0.4) is 0 Å². The Bertz CT molecular complexity index is 549. The van der Waals surface area contributed by atoms with Gasteiger partial charge in [-0.15, -0.1) is 0 Å². The van der Waals surface area contributed by atoms with Crippen molar-refractivity contribution < 1.29 is 10.2 Å². The van der Waals surface area contributed by atoms with E-state index in [1.807, 2.05) is 18.2 Å². The molecule has 0 saturated heterocycles. The second kappa shape index (κ2) is 3.79. The van der Waals surface area contributed by atoms with Gasteiger partial charge >= 0.3 is 0 Å². The van der Waals surface area contributed by atoms with E-state index in [9.17, 15) is 10.2 Å². The van der Waals surface area contributed by atoms with Crippen LogP contribution in [0.25, 0.3) is 0 Å². The van der Waals surface area contributed by atoms with Crippen molar-refractivity contribution in [3.63, 3.8) is 0 Å². The minimum absolute atomic E-state index is 0.145. The first-order valence-electron chi connectivity index (χ1n) is 5.58. The van der Waals surface area contributed by atoms with Crippen molar-refractivity contribution in [3.8, 4) is 11.5 Å². The van der Waals surface area contributed by atoms with Gasteiger partial charge in [-0.3, -0.25) is 0 Å². The van der Waals surface area contributed by atoms with Crippen molar-refractivity contribution in [1.82, 2.24) is 5.32 Å². The minimum Gasteiger partial charge on any atom is -0.508 e. The summed E-state index contributed by atoms with van der Waals surface area (Å²) in [6, 6.07) is 12.8. The SMILES string of the molecule is Oc1ccc(C2NCc3cc(O)ccc32)cc1. The third kappa shape index (κ3) is 1.74. The molecule has 0 fully saturated rings. The molecule has 86 valence electrons. The van der Waals surface area contributed by atoms with Crippen LogP contribution in [0.4, 0.5) is 0 Å². The van der Waals surface area contributed by atoms with Gasteiger partial charge in [0.1, 0.15) is 11.5 Å². The Morgan fingerprint density at radius 2 is 1.65 bits per heavy atom. The Labute approximate surface area is 99.4 Å². The van der Waals surface area contributed by atoms with Gasteiger partial charge < -0.3 is 15.5 Å². The zero-order valence-corrected chi connectivity index (χ0v) is 9.22. The Hall–Kier alpha value is -2.00. The lowest BCUT2D eigenvalue weighted by Crippen LogP contribution is -2.12. The molecule has 1 heterocycles. The normalized spacial score (nSPS) is 18.0. The maximum atomic E-state index is 9.43. The topological polar surface area (TPSA) is 52.5 Å². The van der Waals surface area contributed by atoms with Gasteiger partial charge in [0.05, 0.1) is 6.04 Å². The van der Waals surface area contributed by atoms with Crippen molar-refractivity contribution in [2.75, 3.05) is 0 Å². The van der Waals surface area contributed by atoms with Crippen LogP contribution in [0.5, 0.6) is 11.5 Å². The lowest BCUT2D eigenvalue weighted by Gasteiger charge is -2.12. The van der Waals surface area contributed by atoms with E-state index >= 15 is 0 Å². The number of aromatic hydroxyl groups is 2. The summed E-state index contributed by atoms with van der Waals surface area (Å²) in [4.78, 5) is 0. The van der Waals surface area contributed by atoms with Gasteiger partial charge in [-0.2, -0.15) is 0 Å². The first kappa shape index (κ1) is 10.2. The van der Waals surface area contributed by atoms with Crippen LogP contribution in [0.2, 0.25) is 0 Å². The fourth-order valence-corrected chi connectivity index (χ4v) is 2.31. The number of rotatable bonds is 1. The predicted octanol–water partition coefficient (Wildman–Crippen LogP) is 2.29. The average Bonchev–Trinajstić information content (AvgIpc) is 2.73. The molecule has 1 aliphatic heterocycles. The number of phenolic OH excluding ortho intramolecular Hbond substituents is 2. The van der Waals surface area contributed by atoms with E-state index in [1.165, 1.54) is 5.56 Å². The largest absolute Gasteiger partial charge is 0.508 e. The molecule has 0 aromatic heterocycles. The van der Waals surface area contributed by atoms with Gasteiger partial charge in [0.15, 0.2) is 0 Å². The third-order valence-electron chi connectivity index (χ3n) is 3.16. The second-order valence-electron chi connectivity index (χ2n) is 4.29. The molecule has 0 spiro atoms. The Kier molecular flexibility index (Phi) is 2.27. The maximum absolute atomic E-state index is 9.43. The van der Waals surface area contributed by atoms with Gasteiger partial charge in [-0.1, -0.05) is 18.2 Å². The molecule has 2 aromatic rings. The summed E-state index contributed by atoms with van der Waals surface area (Å²) < 4.78 is 0. The number of benzene rings is 2. The number of fused-ring (bicyclic) bond motifs is 1. The maximum Gasteiger partial charge on any atom is 0.115 e. The number of nitrogens with one attached hydrogen (secondary N) is 1. The molecule has 1 atom stereocenters. The molecule has 0 amide bonds. The zero-order chi connectivity index (χ0) is 11.8. The highest BCUT2D eigenvalue weighted by Crippen LogP contribution is 2.33. The summed E-state index contributed by atoms with van der Waals surface area (Å²) in [5.74, 6) is 0.578. The summed E-state index contributed by atoms with van der Waals surface area (Å²) in [5.41, 5.74) is 3.43. The lowest BCUT2D eigenvalue weighted by atomic mass is 9.98. The first-order chi connectivity index (χ1) is 8.24. The summed E-state index contributed by atoms with van der Waals surface area (Å²) in [5, 5.41) is 22.1. The molecule has 0 saturated carbocycles. The van der Waals surface area contributed by atoms with Crippen LogP contribution in [0.15, 0.2) is 42.5 Å². The molecule has 3 rings (SSSR count). The molecule has 3 nitrogen and oxygen atoms in total. The average molecular weight is 227 g/mol. The first-order valence-corrected chi connectivity index (χ1v) is 5.58. The van der Waals surface area contributed by atoms with E-state index in [4.69, 9.17) is 0 Å². The molecule has 0 bridgehead atoms. The minimum atomic E-state index is 0.145. The van der Waals surface area contributed by atoms with E-state index < -0.39 is 0 Å².